The van der Waals surface area contributed by atoms with Gasteiger partial charge in [0.2, 0.25) is 0 Å². The predicted octanol–water partition coefficient (Wildman–Crippen LogP) is 2.55. The summed E-state index contributed by atoms with van der Waals surface area (Å²) in [6.45, 7) is 5.85. The maximum absolute atomic E-state index is 6.20. The Balaban J connectivity index is 2.52. The molecule has 0 unspecified atom stereocenters. The zero-order valence-electron chi connectivity index (χ0n) is 12.4. The van der Waals surface area contributed by atoms with Crippen molar-refractivity contribution in [2.45, 2.75) is 19.9 Å². The summed E-state index contributed by atoms with van der Waals surface area (Å²) in [5.74, 6) is 0.892. The lowest BCUT2D eigenvalue weighted by Gasteiger charge is -2.18. The molecule has 0 saturated heterocycles. The monoisotopic (exact) mass is 284 g/mol. The molecule has 1 rings (SSSR count). The lowest BCUT2D eigenvalue weighted by molar-refractivity contribution is 0.292. The zero-order chi connectivity index (χ0) is 14.3. The second kappa shape index (κ2) is 8.35. The van der Waals surface area contributed by atoms with Crippen molar-refractivity contribution < 1.29 is 0 Å². The molecular weight excluding hydrogens is 260 g/mol. The van der Waals surface area contributed by atoms with Gasteiger partial charge in [0.1, 0.15) is 5.82 Å². The van der Waals surface area contributed by atoms with Gasteiger partial charge in [-0.25, -0.2) is 4.98 Å². The van der Waals surface area contributed by atoms with Gasteiger partial charge in [-0.3, -0.25) is 0 Å². The molecule has 108 valence electrons. The Kier molecular flexibility index (Phi) is 7.13. The van der Waals surface area contributed by atoms with Gasteiger partial charge >= 0.3 is 0 Å². The highest BCUT2D eigenvalue weighted by Gasteiger charge is 2.07. The minimum absolute atomic E-state index is 0.737. The largest absolute Gasteiger partial charge is 0.370 e. The molecule has 0 atom stereocenters. The standard InChI is InChI=1S/C14H25ClN4/c1-5-16-14-8-7-12(15)13(17-14)11-19(4)10-6-9-18(2)3/h7-8H,5-6,9-11H2,1-4H3,(H,16,17). The third kappa shape index (κ3) is 6.23. The molecule has 0 amide bonds. The number of nitrogens with zero attached hydrogens (tertiary/aromatic N) is 3. The van der Waals surface area contributed by atoms with Gasteiger partial charge in [0.05, 0.1) is 10.7 Å². The van der Waals surface area contributed by atoms with Crippen molar-refractivity contribution in [3.63, 3.8) is 0 Å². The van der Waals surface area contributed by atoms with E-state index in [2.05, 4.69) is 48.2 Å². The van der Waals surface area contributed by atoms with Crippen LogP contribution in [0.1, 0.15) is 19.0 Å². The number of nitrogens with one attached hydrogen (secondary N) is 1. The summed E-state index contributed by atoms with van der Waals surface area (Å²) in [6, 6.07) is 3.83. The van der Waals surface area contributed by atoms with Crippen molar-refractivity contribution in [3.05, 3.63) is 22.8 Å². The van der Waals surface area contributed by atoms with Crippen LogP contribution in [0.2, 0.25) is 5.02 Å². The Bertz CT molecular complexity index is 382. The molecule has 1 aromatic heterocycles. The van der Waals surface area contributed by atoms with Crippen molar-refractivity contribution in [3.8, 4) is 0 Å². The maximum Gasteiger partial charge on any atom is 0.126 e. The highest BCUT2D eigenvalue weighted by Crippen LogP contribution is 2.18. The number of aromatic nitrogens is 1. The fraction of sp³-hybridized carbons (Fsp3) is 0.643. The lowest BCUT2D eigenvalue weighted by Crippen LogP contribution is -2.24. The van der Waals surface area contributed by atoms with Crippen molar-refractivity contribution in [1.82, 2.24) is 14.8 Å². The Morgan fingerprint density at radius 1 is 1.21 bits per heavy atom. The van der Waals surface area contributed by atoms with Gasteiger partial charge in [0, 0.05) is 13.1 Å². The summed E-state index contributed by atoms with van der Waals surface area (Å²) in [5, 5.41) is 3.95. The first-order valence-corrected chi connectivity index (χ1v) is 7.13. The van der Waals surface area contributed by atoms with E-state index in [1.807, 2.05) is 12.1 Å². The quantitative estimate of drug-likeness (QED) is 0.795. The van der Waals surface area contributed by atoms with E-state index in [1.54, 1.807) is 0 Å². The summed E-state index contributed by atoms with van der Waals surface area (Å²) in [6.07, 6.45) is 1.15. The molecule has 19 heavy (non-hydrogen) atoms. The fourth-order valence-corrected chi connectivity index (χ4v) is 2.03. The smallest absolute Gasteiger partial charge is 0.126 e. The van der Waals surface area contributed by atoms with Gasteiger partial charge in [-0.1, -0.05) is 11.6 Å². The molecule has 0 spiro atoms. The van der Waals surface area contributed by atoms with Gasteiger partial charge in [0.15, 0.2) is 0 Å². The van der Waals surface area contributed by atoms with Crippen LogP contribution in [0.25, 0.3) is 0 Å². The first kappa shape index (κ1) is 16.2. The van der Waals surface area contributed by atoms with Crippen LogP contribution in [0.3, 0.4) is 0 Å². The molecule has 0 aromatic carbocycles. The van der Waals surface area contributed by atoms with Crippen LogP contribution >= 0.6 is 11.6 Å². The average Bonchev–Trinajstić information content (AvgIpc) is 2.33. The van der Waals surface area contributed by atoms with Crippen LogP contribution in [-0.2, 0) is 6.54 Å². The predicted molar refractivity (Wildman–Crippen MR) is 82.9 cm³/mol. The minimum atomic E-state index is 0.737. The summed E-state index contributed by atoms with van der Waals surface area (Å²) in [7, 11) is 6.30. The molecule has 0 aliphatic rings. The Morgan fingerprint density at radius 3 is 2.58 bits per heavy atom. The van der Waals surface area contributed by atoms with E-state index in [9.17, 15) is 0 Å². The van der Waals surface area contributed by atoms with Crippen molar-refractivity contribution in [1.29, 1.82) is 0 Å². The SMILES string of the molecule is CCNc1ccc(Cl)c(CN(C)CCCN(C)C)n1. The van der Waals surface area contributed by atoms with Crippen molar-refractivity contribution >= 4 is 17.4 Å². The fourth-order valence-electron chi connectivity index (χ4n) is 1.87. The van der Waals surface area contributed by atoms with E-state index < -0.39 is 0 Å². The highest BCUT2D eigenvalue weighted by atomic mass is 35.5. The molecular formula is C14H25ClN4. The molecule has 0 aliphatic carbocycles. The molecule has 4 nitrogen and oxygen atoms in total. The summed E-state index contributed by atoms with van der Waals surface area (Å²) in [5.41, 5.74) is 0.937. The summed E-state index contributed by atoms with van der Waals surface area (Å²) in [4.78, 5) is 9.01. The second-order valence-corrected chi connectivity index (χ2v) is 5.46. The molecule has 5 heteroatoms. The first-order chi connectivity index (χ1) is 9.02. The zero-order valence-corrected chi connectivity index (χ0v) is 13.2. The molecule has 0 radical (unpaired) electrons. The van der Waals surface area contributed by atoms with Gasteiger partial charge in [-0.15, -0.1) is 0 Å². The molecule has 0 bridgehead atoms. The van der Waals surface area contributed by atoms with Crippen LogP contribution < -0.4 is 5.32 Å². The number of anilines is 1. The van der Waals surface area contributed by atoms with Crippen LogP contribution in [0.15, 0.2) is 12.1 Å². The third-order valence-electron chi connectivity index (χ3n) is 2.84. The van der Waals surface area contributed by atoms with Crippen LogP contribution in [0.4, 0.5) is 5.82 Å². The first-order valence-electron chi connectivity index (χ1n) is 6.75. The molecule has 0 saturated carbocycles. The van der Waals surface area contributed by atoms with Gasteiger partial charge in [0.25, 0.3) is 0 Å². The summed E-state index contributed by atoms with van der Waals surface area (Å²) < 4.78 is 0. The van der Waals surface area contributed by atoms with Crippen LogP contribution in [0, 0.1) is 0 Å². The molecule has 0 aliphatic heterocycles. The third-order valence-corrected chi connectivity index (χ3v) is 3.19. The van der Waals surface area contributed by atoms with Crippen LogP contribution in [-0.4, -0.2) is 55.6 Å². The number of rotatable bonds is 8. The number of pyridine rings is 1. The topological polar surface area (TPSA) is 31.4 Å². The van der Waals surface area contributed by atoms with Crippen LogP contribution in [0.5, 0.6) is 0 Å². The molecule has 0 fully saturated rings. The highest BCUT2D eigenvalue weighted by molar-refractivity contribution is 6.31. The van der Waals surface area contributed by atoms with Crippen molar-refractivity contribution in [2.75, 3.05) is 46.1 Å². The lowest BCUT2D eigenvalue weighted by atomic mass is 10.3. The Morgan fingerprint density at radius 2 is 1.95 bits per heavy atom. The summed E-state index contributed by atoms with van der Waals surface area (Å²) >= 11 is 6.20. The van der Waals surface area contributed by atoms with E-state index in [1.165, 1.54) is 0 Å². The second-order valence-electron chi connectivity index (χ2n) is 5.05. The average molecular weight is 285 g/mol. The maximum atomic E-state index is 6.20. The van der Waals surface area contributed by atoms with E-state index in [0.717, 1.165) is 49.1 Å². The van der Waals surface area contributed by atoms with E-state index in [-0.39, 0.29) is 0 Å². The van der Waals surface area contributed by atoms with Crippen molar-refractivity contribution in [2.24, 2.45) is 0 Å². The Hall–Kier alpha value is -0.840. The van der Waals surface area contributed by atoms with Gasteiger partial charge < -0.3 is 15.1 Å². The number of halogens is 1. The Labute approximate surface area is 121 Å². The van der Waals surface area contributed by atoms with E-state index in [4.69, 9.17) is 11.6 Å². The van der Waals surface area contributed by atoms with E-state index in [0.29, 0.717) is 0 Å². The molecule has 1 aromatic rings. The number of hydrogen-bond donors (Lipinski definition) is 1. The number of hydrogen-bond acceptors (Lipinski definition) is 4. The van der Waals surface area contributed by atoms with Gasteiger partial charge in [-0.05, 0) is 59.7 Å². The van der Waals surface area contributed by atoms with Gasteiger partial charge in [-0.2, -0.15) is 0 Å². The normalized spacial score (nSPS) is 11.3. The molecule has 1 heterocycles. The van der Waals surface area contributed by atoms with E-state index >= 15 is 0 Å². The minimum Gasteiger partial charge on any atom is -0.370 e. The molecule has 1 N–H and O–H groups in total.